The summed E-state index contributed by atoms with van der Waals surface area (Å²) in [6.45, 7) is 4.06. The van der Waals surface area contributed by atoms with Gasteiger partial charge < -0.3 is 43.2 Å². The highest BCUT2D eigenvalue weighted by atomic mass is 35.6. The smallest absolute Gasteiger partial charge is 0.408 e. The number of ether oxygens (including phenoxy) is 8. The zero-order chi connectivity index (χ0) is 39.5. The van der Waals surface area contributed by atoms with Gasteiger partial charge >= 0.3 is 18.0 Å². The van der Waals surface area contributed by atoms with Crippen molar-refractivity contribution in [3.05, 3.63) is 39.4 Å². The summed E-state index contributed by atoms with van der Waals surface area (Å²) < 4.78 is 45.0. The first-order valence-electron chi connectivity index (χ1n) is 17.3. The Morgan fingerprint density at radius 1 is 1.09 bits per heavy atom. The molecule has 1 amide bonds. The van der Waals surface area contributed by atoms with Gasteiger partial charge in [0, 0.05) is 54.1 Å². The number of esters is 2. The number of thioether (sulfide) groups is 1. The largest absolute Gasteiger partial charge is 0.493 e. The fourth-order valence-corrected chi connectivity index (χ4v) is 10.3. The van der Waals surface area contributed by atoms with Crippen LogP contribution in [0.2, 0.25) is 0 Å². The first-order valence-corrected chi connectivity index (χ1v) is 19.5. The Labute approximate surface area is 336 Å². The molecule has 0 spiro atoms. The predicted molar refractivity (Wildman–Crippen MR) is 199 cm³/mol. The molecule has 5 aliphatic heterocycles. The number of alkyl carbamates (subject to hydrolysis) is 1. The van der Waals surface area contributed by atoms with E-state index in [1.54, 1.807) is 14.0 Å². The molecule has 7 atom stereocenters. The zero-order valence-corrected chi connectivity index (χ0v) is 33.8. The lowest BCUT2D eigenvalue weighted by atomic mass is 9.71. The Hall–Kier alpha value is -3.56. The Kier molecular flexibility index (Phi) is 11.1. The molecule has 1 N–H and O–H groups in total. The van der Waals surface area contributed by atoms with Crippen LogP contribution in [-0.4, -0.2) is 110 Å². The van der Waals surface area contributed by atoms with Crippen LogP contribution < -0.4 is 29.0 Å². The lowest BCUT2D eigenvalue weighted by molar-refractivity contribution is -0.151. The van der Waals surface area contributed by atoms with Gasteiger partial charge in [0.2, 0.25) is 10.6 Å². The van der Waals surface area contributed by atoms with Crippen LogP contribution >= 0.6 is 46.6 Å². The summed E-state index contributed by atoms with van der Waals surface area (Å²) >= 11 is 18.7. The number of hydrogen-bond donors (Lipinski definition) is 1. The minimum atomic E-state index is -1.88. The summed E-state index contributed by atoms with van der Waals surface area (Å²) in [4.78, 5) is 43.8. The van der Waals surface area contributed by atoms with E-state index >= 15 is 0 Å². The van der Waals surface area contributed by atoms with E-state index in [9.17, 15) is 19.6 Å². The molecule has 5 aliphatic rings. The number of hydrogen-bond acceptors (Lipinski definition) is 15. The van der Waals surface area contributed by atoms with Crippen LogP contribution in [-0.2, 0) is 30.2 Å². The maximum atomic E-state index is 13.8. The van der Waals surface area contributed by atoms with Gasteiger partial charge in [-0.2, -0.15) is 5.26 Å². The standard InChI is InChI=1S/C36H39Cl3N4O11S/c1-15-7-18-8-20-21(9-40)43-22-10-49-34(45)19(41-35(46)50-12-36(37,38)39)11-55-33(25-24(22)32-30(52-14-53-32)16(2)29(25)54-17(3)44)27(43)26(42(20)4)23(18)31(28(15)48-6)51-13-47-5/h7,19-22,26-27,33H,8,10-14H2,1-6H3,(H,41,46)/t19?,20-,21+,22+,26+,27?,33-/m1/s1. The monoisotopic (exact) mass is 840 g/mol. The number of methoxy groups -OCH3 is 2. The van der Waals surface area contributed by atoms with Gasteiger partial charge in [0.05, 0.1) is 30.5 Å². The quantitative estimate of drug-likeness (QED) is 0.172. The minimum absolute atomic E-state index is 0.0397. The molecule has 2 unspecified atom stereocenters. The minimum Gasteiger partial charge on any atom is -0.493 e. The molecule has 55 heavy (non-hydrogen) atoms. The number of aryl methyl sites for hydroxylation is 1. The number of nitriles is 1. The van der Waals surface area contributed by atoms with E-state index in [2.05, 4.69) is 27.3 Å². The number of carbonyl (C=O) groups is 3. The molecule has 5 heterocycles. The summed E-state index contributed by atoms with van der Waals surface area (Å²) in [5.74, 6) is 0.798. The van der Waals surface area contributed by atoms with Crippen LogP contribution in [0.25, 0.3) is 0 Å². The highest BCUT2D eigenvalue weighted by Crippen LogP contribution is 2.64. The van der Waals surface area contributed by atoms with Crippen molar-refractivity contribution >= 4 is 64.6 Å². The normalized spacial score (nSPS) is 26.8. The average molecular weight is 842 g/mol. The van der Waals surface area contributed by atoms with Gasteiger partial charge in [-0.3, -0.25) is 14.6 Å². The number of halogens is 3. The van der Waals surface area contributed by atoms with Crippen molar-refractivity contribution in [1.82, 2.24) is 15.1 Å². The molecular formula is C36H39Cl3N4O11S. The van der Waals surface area contributed by atoms with E-state index in [0.717, 1.165) is 16.7 Å². The molecule has 2 aromatic rings. The van der Waals surface area contributed by atoms with Crippen molar-refractivity contribution in [3.8, 4) is 34.8 Å². The second-order valence-electron chi connectivity index (χ2n) is 13.8. The second kappa shape index (κ2) is 15.4. The SMILES string of the molecule is COCOc1c(OC)c(C)cc2c1[C@H]1C3[C@@H]4SCC(NC(=O)OCC(Cl)(Cl)Cl)C(=O)OC[C@@H](c5c6c(c(C)c(OC(C)=O)c54)OCO6)N3[C@@H](C#N)[C@@H](C2)N1C. The molecule has 4 bridgehead atoms. The van der Waals surface area contributed by atoms with Crippen molar-refractivity contribution in [2.24, 2.45) is 0 Å². The van der Waals surface area contributed by atoms with Crippen molar-refractivity contribution in [3.63, 3.8) is 0 Å². The molecule has 7 rings (SSSR count). The third-order valence-electron chi connectivity index (χ3n) is 10.6. The highest BCUT2D eigenvalue weighted by molar-refractivity contribution is 7.99. The molecule has 0 radical (unpaired) electrons. The van der Waals surface area contributed by atoms with Crippen LogP contribution in [0.5, 0.6) is 28.7 Å². The van der Waals surface area contributed by atoms with Crippen molar-refractivity contribution in [2.45, 2.75) is 72.5 Å². The van der Waals surface area contributed by atoms with Gasteiger partial charge in [0.15, 0.2) is 29.8 Å². The molecule has 296 valence electrons. The van der Waals surface area contributed by atoms with Crippen LogP contribution in [0.3, 0.4) is 0 Å². The second-order valence-corrected chi connectivity index (χ2v) is 17.5. The number of nitrogens with zero attached hydrogens (tertiary/aromatic N) is 3. The first kappa shape index (κ1) is 39.7. The molecule has 2 saturated heterocycles. The van der Waals surface area contributed by atoms with Crippen LogP contribution in [0, 0.1) is 25.2 Å². The lowest BCUT2D eigenvalue weighted by Crippen LogP contribution is -2.69. The number of alkyl halides is 3. The van der Waals surface area contributed by atoms with E-state index in [4.69, 9.17) is 72.7 Å². The highest BCUT2D eigenvalue weighted by Gasteiger charge is 2.61. The van der Waals surface area contributed by atoms with Gasteiger partial charge in [-0.15, -0.1) is 11.8 Å². The van der Waals surface area contributed by atoms with Gasteiger partial charge in [0.1, 0.15) is 31.0 Å². The number of benzene rings is 2. The van der Waals surface area contributed by atoms with Crippen LogP contribution in [0.15, 0.2) is 6.07 Å². The van der Waals surface area contributed by atoms with Gasteiger partial charge in [0.25, 0.3) is 0 Å². The maximum absolute atomic E-state index is 13.8. The van der Waals surface area contributed by atoms with Crippen molar-refractivity contribution in [1.29, 1.82) is 5.26 Å². The number of piperazine rings is 1. The maximum Gasteiger partial charge on any atom is 0.408 e. The van der Waals surface area contributed by atoms with Crippen molar-refractivity contribution in [2.75, 3.05) is 53.8 Å². The van der Waals surface area contributed by atoms with E-state index in [1.807, 2.05) is 14.0 Å². The van der Waals surface area contributed by atoms with E-state index in [1.165, 1.54) is 25.8 Å². The topological polar surface area (TPSA) is 167 Å². The summed E-state index contributed by atoms with van der Waals surface area (Å²) in [7, 11) is 5.09. The summed E-state index contributed by atoms with van der Waals surface area (Å²) in [5.41, 5.74) is 4.45. The Bertz CT molecular complexity index is 1960. The van der Waals surface area contributed by atoms with Gasteiger partial charge in [-0.25, -0.2) is 9.59 Å². The molecule has 15 nitrogen and oxygen atoms in total. The van der Waals surface area contributed by atoms with Crippen molar-refractivity contribution < 1.29 is 52.3 Å². The van der Waals surface area contributed by atoms with Gasteiger partial charge in [-0.1, -0.05) is 40.9 Å². The van der Waals surface area contributed by atoms with E-state index in [0.29, 0.717) is 46.1 Å². The van der Waals surface area contributed by atoms with Gasteiger partial charge in [-0.05, 0) is 38.4 Å². The Balaban J connectivity index is 1.46. The number of carbonyl (C=O) groups excluding carboxylic acids is 3. The molecular weight excluding hydrogens is 803 g/mol. The van der Waals surface area contributed by atoms with Crippen LogP contribution in [0.1, 0.15) is 57.6 Å². The summed E-state index contributed by atoms with van der Waals surface area (Å²) in [6, 6.07) is 0.615. The lowest BCUT2D eigenvalue weighted by Gasteiger charge is -2.61. The molecule has 0 saturated carbocycles. The molecule has 2 fully saturated rings. The molecule has 0 aromatic heterocycles. The van der Waals surface area contributed by atoms with E-state index in [-0.39, 0.29) is 37.7 Å². The first-order chi connectivity index (χ1) is 26.2. The third kappa shape index (κ3) is 6.96. The fraction of sp³-hybridized carbons (Fsp3) is 0.556. The fourth-order valence-electron chi connectivity index (χ4n) is 8.64. The molecule has 0 aliphatic carbocycles. The Morgan fingerprint density at radius 2 is 1.84 bits per heavy atom. The Morgan fingerprint density at radius 3 is 2.51 bits per heavy atom. The van der Waals surface area contributed by atoms with E-state index < -0.39 is 63.9 Å². The number of likely N-dealkylation sites (N-methyl/N-ethyl adjacent to an activating group) is 1. The number of nitrogens with one attached hydrogen (secondary N) is 1. The number of cyclic esters (lactones) is 1. The van der Waals surface area contributed by atoms with Crippen LogP contribution in [0.4, 0.5) is 4.79 Å². The summed E-state index contributed by atoms with van der Waals surface area (Å²) in [6.07, 6.45) is -0.492. The zero-order valence-electron chi connectivity index (χ0n) is 30.7. The number of amides is 1. The predicted octanol–water partition coefficient (Wildman–Crippen LogP) is 4.97. The molecule has 19 heteroatoms. The summed E-state index contributed by atoms with van der Waals surface area (Å²) in [5, 5.41) is 13.0. The number of fused-ring (bicyclic) bond motifs is 9. The third-order valence-corrected chi connectivity index (χ3v) is 12.3. The molecule has 2 aromatic carbocycles. The number of rotatable bonds is 7. The average Bonchev–Trinajstić information content (AvgIpc) is 3.62.